The maximum atomic E-state index is 13.8. The molecular formula is C13H15Cl2FO2S. The lowest BCUT2D eigenvalue weighted by Crippen LogP contribution is -2.14. The smallest absolute Gasteiger partial charge is 0.335 e. The van der Waals surface area contributed by atoms with E-state index in [1.807, 2.05) is 20.8 Å². The summed E-state index contributed by atoms with van der Waals surface area (Å²) in [6.07, 6.45) is 0. The Morgan fingerprint density at radius 3 is 2.21 bits per heavy atom. The molecule has 0 aromatic heterocycles. The number of thioether (sulfide) groups is 1. The number of carbonyl (C=O) groups is 1. The van der Waals surface area contributed by atoms with Gasteiger partial charge in [-0.1, -0.05) is 50.0 Å². The van der Waals surface area contributed by atoms with E-state index in [0.717, 1.165) is 0 Å². The van der Waals surface area contributed by atoms with Crippen LogP contribution in [0.25, 0.3) is 0 Å². The van der Waals surface area contributed by atoms with Crippen molar-refractivity contribution in [3.8, 4) is 0 Å². The summed E-state index contributed by atoms with van der Waals surface area (Å²) in [5.41, 5.74) is 0.666. The second-order valence-corrected chi connectivity index (χ2v) is 8.20. The normalized spacial score (nSPS) is 12.6. The van der Waals surface area contributed by atoms with Crippen LogP contribution >= 0.6 is 35.0 Å². The summed E-state index contributed by atoms with van der Waals surface area (Å²) in [5.74, 6) is -1.06. The van der Waals surface area contributed by atoms with Crippen LogP contribution in [-0.2, 0) is 4.59 Å². The summed E-state index contributed by atoms with van der Waals surface area (Å²) >= 11 is 12.4. The van der Waals surface area contributed by atoms with Gasteiger partial charge in [-0.05, 0) is 18.6 Å². The summed E-state index contributed by atoms with van der Waals surface area (Å²) < 4.78 is 11.1. The Balaban J connectivity index is 3.51. The molecule has 0 aliphatic heterocycles. The van der Waals surface area contributed by atoms with Crippen LogP contribution in [0.3, 0.4) is 0 Å². The third-order valence-corrected chi connectivity index (χ3v) is 4.10. The Hall–Kier alpha value is -0.450. The molecule has 6 heteroatoms. The van der Waals surface area contributed by atoms with Gasteiger partial charge in [0.15, 0.2) is 0 Å². The Morgan fingerprint density at radius 2 is 1.84 bits per heavy atom. The minimum absolute atomic E-state index is 0.0817. The Labute approximate surface area is 126 Å². The maximum Gasteiger partial charge on any atom is 0.335 e. The van der Waals surface area contributed by atoms with Gasteiger partial charge in [-0.3, -0.25) is 0 Å². The van der Waals surface area contributed by atoms with Gasteiger partial charge in [0.1, 0.15) is 0 Å². The van der Waals surface area contributed by atoms with Crippen LogP contribution in [0.2, 0.25) is 0 Å². The van der Waals surface area contributed by atoms with E-state index in [2.05, 4.69) is 0 Å². The van der Waals surface area contributed by atoms with Crippen molar-refractivity contribution in [1.82, 2.24) is 0 Å². The second-order valence-electron chi connectivity index (χ2n) is 5.13. The number of aromatic carboxylic acids is 1. The summed E-state index contributed by atoms with van der Waals surface area (Å²) in [5, 5.41) is 9.11. The minimum Gasteiger partial charge on any atom is -0.478 e. The molecule has 1 aromatic rings. The lowest BCUT2D eigenvalue weighted by molar-refractivity contribution is 0.0695. The molecule has 19 heavy (non-hydrogen) atoms. The zero-order valence-corrected chi connectivity index (χ0v) is 13.4. The lowest BCUT2D eigenvalue weighted by atomic mass is 10.1. The zero-order valence-electron chi connectivity index (χ0n) is 11.1. The molecule has 0 atom stereocenters. The van der Waals surface area contributed by atoms with E-state index in [4.69, 9.17) is 28.3 Å². The van der Waals surface area contributed by atoms with Crippen LogP contribution in [0.15, 0.2) is 17.0 Å². The molecule has 0 fully saturated rings. The minimum atomic E-state index is -2.55. The van der Waals surface area contributed by atoms with Crippen molar-refractivity contribution in [2.45, 2.75) is 41.9 Å². The first kappa shape index (κ1) is 16.6. The van der Waals surface area contributed by atoms with Crippen molar-refractivity contribution in [2.24, 2.45) is 0 Å². The maximum absolute atomic E-state index is 13.8. The fourth-order valence-corrected chi connectivity index (χ4v) is 3.21. The quantitative estimate of drug-likeness (QED) is 0.617. The molecule has 0 unspecified atom stereocenters. The van der Waals surface area contributed by atoms with Crippen molar-refractivity contribution < 1.29 is 14.3 Å². The van der Waals surface area contributed by atoms with E-state index in [9.17, 15) is 9.18 Å². The van der Waals surface area contributed by atoms with Crippen molar-refractivity contribution in [3.05, 3.63) is 28.8 Å². The highest BCUT2D eigenvalue weighted by atomic mass is 35.5. The molecule has 0 heterocycles. The van der Waals surface area contributed by atoms with Gasteiger partial charge in [0.25, 0.3) is 4.59 Å². The summed E-state index contributed by atoms with van der Waals surface area (Å²) in [7, 11) is 0. The molecule has 0 saturated heterocycles. The molecule has 106 valence electrons. The highest BCUT2D eigenvalue weighted by Gasteiger charge is 2.32. The third-order valence-electron chi connectivity index (χ3n) is 2.35. The van der Waals surface area contributed by atoms with E-state index >= 15 is 0 Å². The Morgan fingerprint density at radius 1 is 1.32 bits per heavy atom. The third kappa shape index (κ3) is 4.26. The molecule has 0 saturated carbocycles. The molecule has 0 amide bonds. The molecule has 0 bridgehead atoms. The number of alkyl halides is 3. The predicted molar refractivity (Wildman–Crippen MR) is 78.2 cm³/mol. The van der Waals surface area contributed by atoms with Gasteiger partial charge < -0.3 is 5.11 Å². The number of benzene rings is 1. The molecule has 0 aliphatic carbocycles. The van der Waals surface area contributed by atoms with Gasteiger partial charge in [-0.2, -0.15) is 0 Å². The van der Waals surface area contributed by atoms with Crippen LogP contribution in [0.5, 0.6) is 0 Å². The molecule has 0 aliphatic rings. The number of carboxylic acid groups (broad SMARTS) is 1. The lowest BCUT2D eigenvalue weighted by Gasteiger charge is -2.24. The summed E-state index contributed by atoms with van der Waals surface area (Å²) in [6.45, 7) is 7.45. The number of hydrogen-bond donors (Lipinski definition) is 1. The predicted octanol–water partition coefficient (Wildman–Crippen LogP) is 5.14. The highest BCUT2D eigenvalue weighted by Crippen LogP contribution is 2.46. The Bertz CT molecular complexity index is 505. The first-order chi connectivity index (χ1) is 8.43. The van der Waals surface area contributed by atoms with Gasteiger partial charge in [0, 0.05) is 15.2 Å². The average molecular weight is 325 g/mol. The first-order valence-electron chi connectivity index (χ1n) is 5.56. The van der Waals surface area contributed by atoms with Crippen molar-refractivity contribution >= 4 is 40.9 Å². The number of rotatable bonds is 3. The van der Waals surface area contributed by atoms with Crippen LogP contribution < -0.4 is 0 Å². The molecule has 1 rings (SSSR count). The molecular weight excluding hydrogens is 310 g/mol. The summed E-state index contributed by atoms with van der Waals surface area (Å²) in [6, 6.07) is 2.64. The molecule has 0 radical (unpaired) electrons. The fraction of sp³-hybridized carbons (Fsp3) is 0.462. The number of halogens is 3. The van der Waals surface area contributed by atoms with Crippen molar-refractivity contribution in [3.63, 3.8) is 0 Å². The van der Waals surface area contributed by atoms with Crippen LogP contribution in [-0.4, -0.2) is 15.8 Å². The Kier molecular flexibility index (Phi) is 4.81. The van der Waals surface area contributed by atoms with E-state index in [-0.39, 0.29) is 15.9 Å². The first-order valence-corrected chi connectivity index (χ1v) is 7.14. The monoisotopic (exact) mass is 324 g/mol. The SMILES string of the molecule is Cc1c(C(=O)O)ccc(C(F)(Cl)Cl)c1SC(C)(C)C. The van der Waals surface area contributed by atoms with E-state index in [1.54, 1.807) is 6.92 Å². The van der Waals surface area contributed by atoms with Gasteiger partial charge in [0.05, 0.1) is 5.56 Å². The molecule has 2 nitrogen and oxygen atoms in total. The molecule has 0 spiro atoms. The topological polar surface area (TPSA) is 37.3 Å². The van der Waals surface area contributed by atoms with E-state index in [1.165, 1.54) is 23.9 Å². The van der Waals surface area contributed by atoms with Crippen LogP contribution in [0, 0.1) is 6.92 Å². The number of hydrogen-bond acceptors (Lipinski definition) is 2. The fourth-order valence-electron chi connectivity index (χ4n) is 1.58. The standard InChI is InChI=1S/C13H15Cl2FO2S/c1-7-8(11(17)18)5-6-9(13(14,15)16)10(7)19-12(2,3)4/h5-6H,1-4H3,(H,17,18). The molecule has 1 N–H and O–H groups in total. The van der Waals surface area contributed by atoms with E-state index < -0.39 is 10.6 Å². The second kappa shape index (κ2) is 5.51. The average Bonchev–Trinajstić information content (AvgIpc) is 2.16. The largest absolute Gasteiger partial charge is 0.478 e. The highest BCUT2D eigenvalue weighted by molar-refractivity contribution is 8.00. The van der Waals surface area contributed by atoms with Gasteiger partial charge >= 0.3 is 5.97 Å². The van der Waals surface area contributed by atoms with Crippen LogP contribution in [0.4, 0.5) is 4.39 Å². The van der Waals surface area contributed by atoms with E-state index in [0.29, 0.717) is 10.5 Å². The van der Waals surface area contributed by atoms with Crippen molar-refractivity contribution in [1.29, 1.82) is 0 Å². The number of carboxylic acids is 1. The van der Waals surface area contributed by atoms with Gasteiger partial charge in [0.2, 0.25) is 0 Å². The zero-order chi connectivity index (χ0) is 15.0. The van der Waals surface area contributed by atoms with Gasteiger partial charge in [-0.15, -0.1) is 11.8 Å². The van der Waals surface area contributed by atoms with Gasteiger partial charge in [-0.25, -0.2) is 9.18 Å². The van der Waals surface area contributed by atoms with Crippen molar-refractivity contribution in [2.75, 3.05) is 0 Å². The summed E-state index contributed by atoms with van der Waals surface area (Å²) in [4.78, 5) is 11.6. The molecule has 1 aromatic carbocycles. The van der Waals surface area contributed by atoms with Crippen LogP contribution in [0.1, 0.15) is 42.3 Å².